The maximum atomic E-state index is 12.5. The van der Waals surface area contributed by atoms with Crippen molar-refractivity contribution in [3.8, 4) is 0 Å². The van der Waals surface area contributed by atoms with Gasteiger partial charge < -0.3 is 0 Å². The molecule has 3 heterocycles. The van der Waals surface area contributed by atoms with E-state index in [9.17, 15) is 14.4 Å². The van der Waals surface area contributed by atoms with Gasteiger partial charge in [-0.15, -0.1) is 11.3 Å². The number of fused-ring (bicyclic) bond motifs is 1. The van der Waals surface area contributed by atoms with Crippen molar-refractivity contribution in [3.63, 3.8) is 0 Å². The minimum Gasteiger partial charge on any atom is -0.285 e. The average molecular weight is 401 g/mol. The molecule has 1 aromatic heterocycles. The first-order valence-electron chi connectivity index (χ1n) is 9.83. The summed E-state index contributed by atoms with van der Waals surface area (Å²) in [5.74, 6) is -1.12. The van der Waals surface area contributed by atoms with Crippen molar-refractivity contribution >= 4 is 39.4 Å². The highest BCUT2D eigenvalue weighted by molar-refractivity contribution is 7.18. The van der Waals surface area contributed by atoms with Gasteiger partial charge >= 0.3 is 17.8 Å². The first kappa shape index (κ1) is 19.0. The monoisotopic (exact) mass is 400 g/mol. The number of unbranched alkanes of at least 4 members (excludes halogenated alkanes) is 1. The highest BCUT2D eigenvalue weighted by atomic mass is 32.1. The largest absolute Gasteiger partial charge is 0.335 e. The smallest absolute Gasteiger partial charge is 0.285 e. The number of aromatic nitrogens is 1. The molecule has 2 saturated heterocycles. The molecule has 148 valence electrons. The molecular weight excluding hydrogens is 376 g/mol. The van der Waals surface area contributed by atoms with Crippen molar-refractivity contribution in [3.05, 3.63) is 29.3 Å². The molecule has 2 fully saturated rings. The molecule has 0 aliphatic carbocycles. The van der Waals surface area contributed by atoms with Gasteiger partial charge in [-0.25, -0.2) is 14.7 Å². The Hall–Kier alpha value is -2.32. The molecule has 28 heavy (non-hydrogen) atoms. The van der Waals surface area contributed by atoms with E-state index in [0.717, 1.165) is 52.7 Å². The van der Waals surface area contributed by atoms with E-state index in [4.69, 9.17) is 4.98 Å². The van der Waals surface area contributed by atoms with Crippen molar-refractivity contribution in [1.82, 2.24) is 19.7 Å². The molecule has 2 aromatic rings. The summed E-state index contributed by atoms with van der Waals surface area (Å²) in [7, 11) is 0. The second-order valence-electron chi connectivity index (χ2n) is 7.40. The number of nitrogens with zero attached hydrogens (tertiary/aromatic N) is 4. The second-order valence-corrected chi connectivity index (χ2v) is 8.47. The Balaban J connectivity index is 1.44. The van der Waals surface area contributed by atoms with Crippen molar-refractivity contribution in [1.29, 1.82) is 0 Å². The van der Waals surface area contributed by atoms with Crippen molar-refractivity contribution in [2.24, 2.45) is 0 Å². The Morgan fingerprint density at radius 1 is 1.14 bits per heavy atom. The summed E-state index contributed by atoms with van der Waals surface area (Å²) in [4.78, 5) is 46.0. The van der Waals surface area contributed by atoms with Gasteiger partial charge in [-0.1, -0.05) is 25.5 Å². The van der Waals surface area contributed by atoms with E-state index in [1.165, 1.54) is 4.70 Å². The van der Waals surface area contributed by atoms with Gasteiger partial charge in [0.2, 0.25) is 0 Å². The summed E-state index contributed by atoms with van der Waals surface area (Å²) in [6.07, 6.45) is 3.59. The summed E-state index contributed by atoms with van der Waals surface area (Å²) in [6.45, 7) is 4.01. The Kier molecular flexibility index (Phi) is 5.41. The Morgan fingerprint density at radius 2 is 1.93 bits per heavy atom. The summed E-state index contributed by atoms with van der Waals surface area (Å²) < 4.78 is 1.18. The second kappa shape index (κ2) is 7.97. The van der Waals surface area contributed by atoms with Crippen molar-refractivity contribution in [2.75, 3.05) is 26.3 Å². The van der Waals surface area contributed by atoms with E-state index in [1.807, 2.05) is 25.1 Å². The number of piperidine rings is 1. The fourth-order valence-electron chi connectivity index (χ4n) is 3.84. The number of urea groups is 1. The number of rotatable bonds is 6. The van der Waals surface area contributed by atoms with Crippen LogP contribution in [-0.2, 0) is 9.59 Å². The fourth-order valence-corrected chi connectivity index (χ4v) is 4.93. The lowest BCUT2D eigenvalue weighted by atomic mass is 9.99. The van der Waals surface area contributed by atoms with Gasteiger partial charge in [0.25, 0.3) is 0 Å². The van der Waals surface area contributed by atoms with Gasteiger partial charge in [0.05, 0.1) is 21.9 Å². The molecule has 2 aliphatic rings. The predicted molar refractivity (Wildman–Crippen MR) is 107 cm³/mol. The zero-order valence-electron chi connectivity index (χ0n) is 16.0. The highest BCUT2D eigenvalue weighted by Gasteiger charge is 2.44. The van der Waals surface area contributed by atoms with E-state index >= 15 is 0 Å². The number of benzene rings is 1. The minimum absolute atomic E-state index is 0.174. The predicted octanol–water partition coefficient (Wildman–Crippen LogP) is 3.02. The van der Waals surface area contributed by atoms with Crippen LogP contribution in [0.1, 0.15) is 43.5 Å². The molecule has 8 heteroatoms. The lowest BCUT2D eigenvalue weighted by molar-refractivity contribution is -0.144. The first-order valence-corrected chi connectivity index (χ1v) is 10.6. The lowest BCUT2D eigenvalue weighted by Gasteiger charge is -2.33. The number of imide groups is 2. The molecule has 0 bridgehead atoms. The third-order valence-electron chi connectivity index (χ3n) is 5.38. The van der Waals surface area contributed by atoms with Gasteiger partial charge in [-0.2, -0.15) is 0 Å². The van der Waals surface area contributed by atoms with E-state index in [-0.39, 0.29) is 12.6 Å². The number of carbonyl (C=O) groups is 3. The summed E-state index contributed by atoms with van der Waals surface area (Å²) in [5.41, 5.74) is 1.02. The van der Waals surface area contributed by atoms with Crippen LogP contribution in [0.15, 0.2) is 24.3 Å². The number of carbonyl (C=O) groups excluding carboxylic acids is 3. The molecule has 4 rings (SSSR count). The maximum absolute atomic E-state index is 12.5. The number of para-hydroxylation sites is 1. The molecular formula is C20H24N4O3S. The van der Waals surface area contributed by atoms with Crippen LogP contribution in [0.4, 0.5) is 4.79 Å². The van der Waals surface area contributed by atoms with Crippen molar-refractivity contribution < 1.29 is 14.4 Å². The minimum atomic E-state index is -0.705. The van der Waals surface area contributed by atoms with E-state index in [2.05, 4.69) is 11.0 Å². The Labute approximate surface area is 167 Å². The zero-order chi connectivity index (χ0) is 19.7. The van der Waals surface area contributed by atoms with Gasteiger partial charge in [0.1, 0.15) is 0 Å². The van der Waals surface area contributed by atoms with Crippen LogP contribution in [-0.4, -0.2) is 63.8 Å². The molecule has 0 unspecified atom stereocenters. The number of hydrogen-bond donors (Lipinski definition) is 0. The SMILES string of the molecule is CCCCN1C(=O)C(=O)N(CN2CCC[C@H](c3nc4ccccc4s3)C2)C1=O. The normalized spacial score (nSPS) is 21.3. The third kappa shape index (κ3) is 3.54. The topological polar surface area (TPSA) is 73.8 Å². The van der Waals surface area contributed by atoms with Crippen LogP contribution < -0.4 is 0 Å². The van der Waals surface area contributed by atoms with Crippen molar-refractivity contribution in [2.45, 2.75) is 38.5 Å². The fraction of sp³-hybridized carbons (Fsp3) is 0.500. The van der Waals surface area contributed by atoms with Crippen LogP contribution in [0.5, 0.6) is 0 Å². The number of likely N-dealkylation sites (tertiary alicyclic amines) is 1. The number of amides is 4. The van der Waals surface area contributed by atoms with Gasteiger partial charge in [0.15, 0.2) is 0 Å². The summed E-state index contributed by atoms with van der Waals surface area (Å²) in [6, 6.07) is 7.63. The van der Waals surface area contributed by atoms with E-state index < -0.39 is 17.8 Å². The Bertz CT molecular complexity index is 879. The van der Waals surface area contributed by atoms with E-state index in [0.29, 0.717) is 13.0 Å². The van der Waals surface area contributed by atoms with Crippen LogP contribution in [0, 0.1) is 0 Å². The molecule has 7 nitrogen and oxygen atoms in total. The molecule has 0 N–H and O–H groups in total. The van der Waals surface area contributed by atoms with Crippen LogP contribution in [0.25, 0.3) is 10.2 Å². The molecule has 4 amide bonds. The zero-order valence-corrected chi connectivity index (χ0v) is 16.8. The van der Waals surface area contributed by atoms with Crippen LogP contribution in [0.3, 0.4) is 0 Å². The number of hydrogen-bond acceptors (Lipinski definition) is 6. The van der Waals surface area contributed by atoms with Crippen LogP contribution in [0.2, 0.25) is 0 Å². The average Bonchev–Trinajstić information content (AvgIpc) is 3.23. The summed E-state index contributed by atoms with van der Waals surface area (Å²) in [5, 5.41) is 1.10. The molecule has 0 spiro atoms. The van der Waals surface area contributed by atoms with Gasteiger partial charge in [-0.3, -0.25) is 19.4 Å². The standard InChI is InChI=1S/C20H24N4O3S/c1-2-3-11-23-18(25)19(26)24(20(23)27)13-22-10-6-7-14(12-22)17-21-15-8-4-5-9-16(15)28-17/h4-5,8-9,14H,2-3,6-7,10-13H2,1H3/t14-/m0/s1. The Morgan fingerprint density at radius 3 is 2.71 bits per heavy atom. The third-order valence-corrected chi connectivity index (χ3v) is 6.58. The first-order chi connectivity index (χ1) is 13.6. The highest BCUT2D eigenvalue weighted by Crippen LogP contribution is 2.33. The van der Waals surface area contributed by atoms with Crippen LogP contribution >= 0.6 is 11.3 Å². The molecule has 1 atom stereocenters. The van der Waals surface area contributed by atoms with Gasteiger partial charge in [-0.05, 0) is 37.9 Å². The van der Waals surface area contributed by atoms with Gasteiger partial charge in [0, 0.05) is 19.0 Å². The molecule has 0 saturated carbocycles. The lowest BCUT2D eigenvalue weighted by Crippen LogP contribution is -2.45. The molecule has 0 radical (unpaired) electrons. The number of thiazole rings is 1. The quantitative estimate of drug-likeness (QED) is 0.550. The summed E-state index contributed by atoms with van der Waals surface area (Å²) >= 11 is 1.71. The molecule has 2 aliphatic heterocycles. The maximum Gasteiger partial charge on any atom is 0.335 e. The molecule has 1 aromatic carbocycles. The van der Waals surface area contributed by atoms with E-state index in [1.54, 1.807) is 11.3 Å².